The van der Waals surface area contributed by atoms with Gasteiger partial charge in [0.1, 0.15) is 0 Å². The molecule has 0 radical (unpaired) electrons. The lowest BCUT2D eigenvalue weighted by atomic mass is 9.31. The van der Waals surface area contributed by atoms with Crippen molar-refractivity contribution in [3.05, 3.63) is 170 Å². The third kappa shape index (κ3) is 8.20. The Balaban J connectivity index is 1.11. The minimum absolute atomic E-state index is 0.0105. The molecule has 0 saturated heterocycles. The van der Waals surface area contributed by atoms with E-state index in [2.05, 4.69) is 263 Å². The van der Waals surface area contributed by atoms with Gasteiger partial charge in [-0.1, -0.05) is 185 Å². The van der Waals surface area contributed by atoms with E-state index in [0.717, 1.165) is 6.42 Å². The third-order valence-electron chi connectivity index (χ3n) is 26.5. The lowest BCUT2D eigenvalue weighted by molar-refractivity contribution is 0.195. The zero-order chi connectivity index (χ0) is 63.2. The summed E-state index contributed by atoms with van der Waals surface area (Å²) in [5.74, 6) is 0. The van der Waals surface area contributed by atoms with Gasteiger partial charge in [0.15, 0.2) is 0 Å². The van der Waals surface area contributed by atoms with Crippen LogP contribution in [0.3, 0.4) is 0 Å². The Bertz CT molecular complexity index is 4110. The molecule has 5 aliphatic carbocycles. The molecule has 8 aliphatic rings. The molecule has 15 rings (SSSR count). The first-order valence-electron chi connectivity index (χ1n) is 35.0. The van der Waals surface area contributed by atoms with Crippen LogP contribution < -0.4 is 31.1 Å². The van der Waals surface area contributed by atoms with Crippen LogP contribution in [0.5, 0.6) is 0 Å². The van der Waals surface area contributed by atoms with Crippen LogP contribution in [-0.2, 0) is 48.7 Å². The molecule has 0 amide bonds. The van der Waals surface area contributed by atoms with Crippen LogP contribution in [0.15, 0.2) is 103 Å². The number of aryl methyl sites for hydroxylation is 3. The van der Waals surface area contributed by atoms with E-state index in [1.165, 1.54) is 183 Å². The standard InChI is InChI=1S/C85H104BN3/c1-51-41-70-73-71(42-51)89-75-64(84(20)31-25-26-32-85(84,89)21)47-63-72(83(18,19)40-39-82(63,16)17)74(75)86(73)65-30-29-55(45-69(65)88(70)68-50-62-59(78(8,9)35-38-81(62,14)15)46-56(68)54-27-23-22-24-28-54)87(66-48-60-57(43-52(66)2)76(4,5)33-36-79(60,10)11)67-49-61-58(44-53(67)3)77(6,7)34-37-80(61,12)13/h22-24,27-30,41-50H,25-26,31-40H2,1-21H3. The number of hydrogen-bond acceptors (Lipinski definition) is 3. The van der Waals surface area contributed by atoms with Crippen LogP contribution >= 0.6 is 0 Å². The summed E-state index contributed by atoms with van der Waals surface area (Å²) < 4.78 is 0. The van der Waals surface area contributed by atoms with E-state index in [-0.39, 0.29) is 61.0 Å². The lowest BCUT2D eigenvalue weighted by Crippen LogP contribution is -2.66. The molecule has 0 bridgehead atoms. The first-order chi connectivity index (χ1) is 41.5. The molecule has 4 heteroatoms. The summed E-state index contributed by atoms with van der Waals surface area (Å²) in [6.07, 6.45) is 14.3. The average molecular weight is 1180 g/mol. The zero-order valence-corrected chi connectivity index (χ0v) is 58.7. The van der Waals surface area contributed by atoms with Crippen molar-refractivity contribution < 1.29 is 0 Å². The van der Waals surface area contributed by atoms with E-state index in [0.29, 0.717) is 0 Å². The van der Waals surface area contributed by atoms with Crippen LogP contribution in [0.25, 0.3) is 11.1 Å². The van der Waals surface area contributed by atoms with Gasteiger partial charge in [0.25, 0.3) is 6.71 Å². The van der Waals surface area contributed by atoms with Gasteiger partial charge in [0.05, 0.1) is 11.2 Å². The van der Waals surface area contributed by atoms with Gasteiger partial charge in [0.2, 0.25) is 0 Å². The maximum absolute atomic E-state index is 3.01. The van der Waals surface area contributed by atoms with Gasteiger partial charge in [0, 0.05) is 50.8 Å². The highest BCUT2D eigenvalue weighted by Gasteiger charge is 2.63. The first-order valence-corrected chi connectivity index (χ1v) is 35.0. The molecule has 462 valence electrons. The van der Waals surface area contributed by atoms with E-state index < -0.39 is 0 Å². The molecule has 1 saturated carbocycles. The van der Waals surface area contributed by atoms with Crippen LogP contribution in [0.2, 0.25) is 0 Å². The normalized spacial score (nSPS) is 24.9. The summed E-state index contributed by atoms with van der Waals surface area (Å²) in [6.45, 7) is 53.1. The second-order valence-electron chi connectivity index (χ2n) is 36.0. The van der Waals surface area contributed by atoms with E-state index in [1.807, 2.05) is 0 Å². The molecule has 3 heterocycles. The van der Waals surface area contributed by atoms with Crippen molar-refractivity contribution in [3.63, 3.8) is 0 Å². The quantitative estimate of drug-likeness (QED) is 0.159. The fraction of sp³-hybridized carbons (Fsp3) is 0.506. The topological polar surface area (TPSA) is 9.72 Å². The predicted octanol–water partition coefficient (Wildman–Crippen LogP) is 21.5. The molecule has 89 heavy (non-hydrogen) atoms. The van der Waals surface area contributed by atoms with Gasteiger partial charge in [-0.3, -0.25) is 0 Å². The number of rotatable bonds is 5. The molecule has 3 nitrogen and oxygen atoms in total. The first kappa shape index (κ1) is 59.3. The highest BCUT2D eigenvalue weighted by molar-refractivity contribution is 7.00. The van der Waals surface area contributed by atoms with Crippen molar-refractivity contribution >= 4 is 68.6 Å². The largest absolute Gasteiger partial charge is 0.335 e. The highest BCUT2D eigenvalue weighted by atomic mass is 15.3. The van der Waals surface area contributed by atoms with Gasteiger partial charge in [-0.15, -0.1) is 0 Å². The molecular weight excluding hydrogens is 1070 g/mol. The van der Waals surface area contributed by atoms with Crippen LogP contribution in [-0.4, -0.2) is 12.3 Å². The minimum atomic E-state index is -0.0910. The molecule has 2 atom stereocenters. The minimum Gasteiger partial charge on any atom is -0.335 e. The summed E-state index contributed by atoms with van der Waals surface area (Å²) in [5, 5.41) is 0. The van der Waals surface area contributed by atoms with E-state index in [9.17, 15) is 0 Å². The van der Waals surface area contributed by atoms with Crippen molar-refractivity contribution in [3.8, 4) is 11.1 Å². The number of hydrogen-bond donors (Lipinski definition) is 0. The van der Waals surface area contributed by atoms with E-state index in [4.69, 9.17) is 0 Å². The Kier molecular flexibility index (Phi) is 12.4. The summed E-state index contributed by atoms with van der Waals surface area (Å²) in [6, 6.07) is 43.5. The lowest BCUT2D eigenvalue weighted by Gasteiger charge is -2.53. The fourth-order valence-corrected chi connectivity index (χ4v) is 20.0. The number of nitrogens with zero attached hydrogens (tertiary/aromatic N) is 3. The molecule has 1 fully saturated rings. The predicted molar refractivity (Wildman–Crippen MR) is 384 cm³/mol. The van der Waals surface area contributed by atoms with Gasteiger partial charge in [-0.05, 0) is 272 Å². The molecule has 7 aromatic rings. The maximum atomic E-state index is 3.01. The van der Waals surface area contributed by atoms with E-state index in [1.54, 1.807) is 27.8 Å². The Morgan fingerprint density at radius 3 is 1.40 bits per heavy atom. The van der Waals surface area contributed by atoms with Crippen molar-refractivity contribution in [2.75, 3.05) is 14.7 Å². The summed E-state index contributed by atoms with van der Waals surface area (Å²) >= 11 is 0. The molecule has 0 N–H and O–H groups in total. The molecule has 0 aromatic heterocycles. The summed E-state index contributed by atoms with van der Waals surface area (Å²) in [5.41, 5.74) is 35.9. The fourth-order valence-electron chi connectivity index (χ4n) is 20.0. The van der Waals surface area contributed by atoms with Gasteiger partial charge in [-0.2, -0.15) is 0 Å². The van der Waals surface area contributed by atoms with E-state index >= 15 is 0 Å². The van der Waals surface area contributed by atoms with Crippen molar-refractivity contribution in [2.45, 2.75) is 277 Å². The third-order valence-corrected chi connectivity index (χ3v) is 26.5. The summed E-state index contributed by atoms with van der Waals surface area (Å²) in [4.78, 5) is 8.62. The Labute approximate surface area is 538 Å². The number of anilines is 8. The van der Waals surface area contributed by atoms with Gasteiger partial charge < -0.3 is 14.7 Å². The Morgan fingerprint density at radius 1 is 0.382 bits per heavy atom. The molecular formula is C85H104BN3. The molecule has 0 spiro atoms. The highest BCUT2D eigenvalue weighted by Crippen LogP contribution is 2.65. The van der Waals surface area contributed by atoms with Crippen molar-refractivity contribution in [2.24, 2.45) is 0 Å². The summed E-state index contributed by atoms with van der Waals surface area (Å²) in [7, 11) is 0. The number of fused-ring (bicyclic) bond motifs is 12. The van der Waals surface area contributed by atoms with Gasteiger partial charge >= 0.3 is 0 Å². The monoisotopic (exact) mass is 1180 g/mol. The SMILES string of the molecule is Cc1cc2c3c(c1)N1c4c(cc5c(c4B3c3ccc(N(c4cc6c(cc4C)C(C)(C)CCC6(C)C)c4cc6c(cc4C)C(C)(C)CCC6(C)C)cc3N2c2cc3c(cc2-c2ccccc2)C(C)(C)CCC3(C)C)C(C)(C)CCC5(C)C)C2(C)CCCCC12C. The average Bonchev–Trinajstić information content (AvgIpc) is 1.55. The van der Waals surface area contributed by atoms with Crippen molar-refractivity contribution in [1.29, 1.82) is 0 Å². The van der Waals surface area contributed by atoms with Crippen LogP contribution in [0.4, 0.5) is 45.5 Å². The molecule has 7 aromatic carbocycles. The smallest absolute Gasteiger partial charge is 0.252 e. The van der Waals surface area contributed by atoms with Crippen molar-refractivity contribution in [1.82, 2.24) is 0 Å². The maximum Gasteiger partial charge on any atom is 0.252 e. The Morgan fingerprint density at radius 2 is 0.854 bits per heavy atom. The zero-order valence-electron chi connectivity index (χ0n) is 58.7. The number of benzene rings is 7. The molecule has 2 unspecified atom stereocenters. The molecule has 3 aliphatic heterocycles. The van der Waals surface area contributed by atoms with Crippen LogP contribution in [0, 0.1) is 20.8 Å². The Hall–Kier alpha value is -6.00. The second-order valence-corrected chi connectivity index (χ2v) is 36.0. The van der Waals surface area contributed by atoms with Gasteiger partial charge in [-0.25, -0.2) is 0 Å². The van der Waals surface area contributed by atoms with Crippen LogP contribution in [0.1, 0.15) is 268 Å². The second kappa shape index (κ2) is 18.6.